The summed E-state index contributed by atoms with van der Waals surface area (Å²) in [6.07, 6.45) is 2.46. The Morgan fingerprint density at radius 1 is 1.00 bits per heavy atom. The van der Waals surface area contributed by atoms with Crippen LogP contribution in [0.3, 0.4) is 0 Å². The van der Waals surface area contributed by atoms with Gasteiger partial charge in [0.05, 0.1) is 24.7 Å². The van der Waals surface area contributed by atoms with Crippen molar-refractivity contribution < 1.29 is 29.0 Å². The molecule has 0 aliphatic heterocycles. The Morgan fingerprint density at radius 3 is 2.20 bits per heavy atom. The molecule has 1 rings (SSSR count). The van der Waals surface area contributed by atoms with E-state index in [4.69, 9.17) is 9.47 Å². The molecule has 0 heterocycles. The molecule has 0 saturated carbocycles. The van der Waals surface area contributed by atoms with Crippen molar-refractivity contribution in [3.63, 3.8) is 0 Å². The minimum absolute atomic E-state index is 0.246. The highest BCUT2D eigenvalue weighted by Gasteiger charge is 2.18. The number of rotatable bonds is 11. The third-order valence-electron chi connectivity index (χ3n) is 3.79. The zero-order valence-corrected chi connectivity index (χ0v) is 14.8. The van der Waals surface area contributed by atoms with Crippen LogP contribution in [0.25, 0.3) is 0 Å². The van der Waals surface area contributed by atoms with Gasteiger partial charge < -0.3 is 14.6 Å². The van der Waals surface area contributed by atoms with Gasteiger partial charge in [0, 0.05) is 6.42 Å². The molecule has 0 aliphatic carbocycles. The van der Waals surface area contributed by atoms with Crippen molar-refractivity contribution in [1.29, 1.82) is 0 Å². The van der Waals surface area contributed by atoms with Crippen LogP contribution in [0.2, 0.25) is 0 Å². The van der Waals surface area contributed by atoms with Gasteiger partial charge in [-0.15, -0.1) is 0 Å². The van der Waals surface area contributed by atoms with Crippen molar-refractivity contribution >= 4 is 17.9 Å². The van der Waals surface area contributed by atoms with E-state index in [2.05, 4.69) is 0 Å². The first-order valence-corrected chi connectivity index (χ1v) is 8.62. The van der Waals surface area contributed by atoms with E-state index in [1.807, 2.05) is 0 Å². The van der Waals surface area contributed by atoms with Crippen LogP contribution in [-0.4, -0.2) is 36.2 Å². The number of hydrogen-bond acceptors (Lipinski definition) is 5. The molecule has 6 heteroatoms. The first kappa shape index (κ1) is 20.7. The number of hydrogen-bond donors (Lipinski definition) is 1. The maximum atomic E-state index is 11.6. The second kappa shape index (κ2) is 11.2. The van der Waals surface area contributed by atoms with Crippen molar-refractivity contribution in [2.75, 3.05) is 13.2 Å². The second-order valence-electron chi connectivity index (χ2n) is 5.71. The number of benzene rings is 1. The lowest BCUT2D eigenvalue weighted by Gasteiger charge is -2.12. The normalized spacial score (nSPS) is 11.6. The quantitative estimate of drug-likeness (QED) is 0.487. The number of carbonyl (C=O) groups excluding carboxylic acids is 2. The molecule has 1 N–H and O–H groups in total. The Hall–Kier alpha value is -2.37. The summed E-state index contributed by atoms with van der Waals surface area (Å²) >= 11 is 0. The van der Waals surface area contributed by atoms with Gasteiger partial charge in [0.2, 0.25) is 0 Å². The van der Waals surface area contributed by atoms with Crippen molar-refractivity contribution in [2.24, 2.45) is 5.92 Å². The first-order valence-electron chi connectivity index (χ1n) is 8.62. The second-order valence-corrected chi connectivity index (χ2v) is 5.71. The van der Waals surface area contributed by atoms with Crippen LogP contribution in [0.15, 0.2) is 24.3 Å². The standard InChI is InChI=1S/C19H26O6/c1-3-24-17(20)8-6-5-7-16(18(21)22)13-14-9-11-15(12-10-14)19(23)25-4-2/h9-12,16H,3-8,13H2,1-2H3,(H,21,22). The molecule has 1 atom stereocenters. The fourth-order valence-corrected chi connectivity index (χ4v) is 2.48. The largest absolute Gasteiger partial charge is 0.481 e. The van der Waals surface area contributed by atoms with Crippen LogP contribution >= 0.6 is 0 Å². The number of esters is 2. The summed E-state index contributed by atoms with van der Waals surface area (Å²) in [4.78, 5) is 34.3. The maximum absolute atomic E-state index is 11.6. The van der Waals surface area contributed by atoms with E-state index in [1.165, 1.54) is 0 Å². The number of carboxylic acid groups (broad SMARTS) is 1. The number of carbonyl (C=O) groups is 3. The molecule has 0 bridgehead atoms. The molecule has 138 valence electrons. The minimum atomic E-state index is -0.856. The van der Waals surface area contributed by atoms with Crippen LogP contribution in [0, 0.1) is 5.92 Å². The Morgan fingerprint density at radius 2 is 1.64 bits per heavy atom. The number of ether oxygens (including phenoxy) is 2. The van der Waals surface area contributed by atoms with Crippen molar-refractivity contribution in [1.82, 2.24) is 0 Å². The van der Waals surface area contributed by atoms with Gasteiger partial charge in [0.25, 0.3) is 0 Å². The van der Waals surface area contributed by atoms with E-state index >= 15 is 0 Å². The Bertz CT molecular complexity index is 564. The van der Waals surface area contributed by atoms with Crippen LogP contribution < -0.4 is 0 Å². The topological polar surface area (TPSA) is 89.9 Å². The zero-order valence-electron chi connectivity index (χ0n) is 14.8. The Balaban J connectivity index is 2.50. The highest BCUT2D eigenvalue weighted by molar-refractivity contribution is 5.89. The molecule has 1 aromatic carbocycles. The highest BCUT2D eigenvalue weighted by atomic mass is 16.5. The predicted octanol–water partition coefficient (Wildman–Crippen LogP) is 3.23. The van der Waals surface area contributed by atoms with Gasteiger partial charge in [-0.25, -0.2) is 4.79 Å². The van der Waals surface area contributed by atoms with Gasteiger partial charge >= 0.3 is 17.9 Å². The summed E-state index contributed by atoms with van der Waals surface area (Å²) in [5, 5.41) is 9.37. The third kappa shape index (κ3) is 7.83. The summed E-state index contributed by atoms with van der Waals surface area (Å²) in [6.45, 7) is 4.17. The Kier molecular flexibility index (Phi) is 9.29. The fraction of sp³-hybridized carbons (Fsp3) is 0.526. The fourth-order valence-electron chi connectivity index (χ4n) is 2.48. The van der Waals surface area contributed by atoms with Crippen LogP contribution in [0.5, 0.6) is 0 Å². The maximum Gasteiger partial charge on any atom is 0.338 e. The lowest BCUT2D eigenvalue weighted by Crippen LogP contribution is -2.17. The van der Waals surface area contributed by atoms with Gasteiger partial charge in [-0.1, -0.05) is 18.6 Å². The number of unbranched alkanes of at least 4 members (excludes halogenated alkanes) is 1. The van der Waals surface area contributed by atoms with Gasteiger partial charge in [-0.2, -0.15) is 0 Å². The molecule has 6 nitrogen and oxygen atoms in total. The van der Waals surface area contributed by atoms with Crippen molar-refractivity contribution in [3.8, 4) is 0 Å². The minimum Gasteiger partial charge on any atom is -0.481 e. The van der Waals surface area contributed by atoms with Crippen molar-refractivity contribution in [2.45, 2.75) is 46.0 Å². The Labute approximate surface area is 148 Å². The van der Waals surface area contributed by atoms with E-state index in [9.17, 15) is 19.5 Å². The molecule has 25 heavy (non-hydrogen) atoms. The average Bonchev–Trinajstić information content (AvgIpc) is 2.58. The van der Waals surface area contributed by atoms with E-state index in [0.717, 1.165) is 5.56 Å². The van der Waals surface area contributed by atoms with E-state index in [-0.39, 0.29) is 11.9 Å². The van der Waals surface area contributed by atoms with Crippen LogP contribution in [0.1, 0.15) is 55.5 Å². The van der Waals surface area contributed by atoms with Crippen LogP contribution in [-0.2, 0) is 25.5 Å². The monoisotopic (exact) mass is 350 g/mol. The molecular weight excluding hydrogens is 324 g/mol. The van der Waals surface area contributed by atoms with E-state index in [0.29, 0.717) is 50.9 Å². The SMILES string of the molecule is CCOC(=O)CCCCC(Cc1ccc(C(=O)OCC)cc1)C(=O)O. The molecule has 0 aliphatic rings. The smallest absolute Gasteiger partial charge is 0.338 e. The van der Waals surface area contributed by atoms with Gasteiger partial charge in [0.15, 0.2) is 0 Å². The lowest BCUT2D eigenvalue weighted by atomic mass is 9.93. The lowest BCUT2D eigenvalue weighted by molar-refractivity contribution is -0.143. The molecule has 0 radical (unpaired) electrons. The van der Waals surface area contributed by atoms with Crippen LogP contribution in [0.4, 0.5) is 0 Å². The summed E-state index contributed by atoms with van der Waals surface area (Å²) in [6, 6.07) is 6.79. The molecule has 0 fully saturated rings. The van der Waals surface area contributed by atoms with Gasteiger partial charge in [-0.05, 0) is 50.8 Å². The first-order chi connectivity index (χ1) is 12.0. The molecule has 1 unspecified atom stereocenters. The predicted molar refractivity (Wildman–Crippen MR) is 92.3 cm³/mol. The van der Waals surface area contributed by atoms with E-state index < -0.39 is 11.9 Å². The summed E-state index contributed by atoms with van der Waals surface area (Å²) in [7, 11) is 0. The average molecular weight is 350 g/mol. The third-order valence-corrected chi connectivity index (χ3v) is 3.79. The molecule has 0 aromatic heterocycles. The summed E-state index contributed by atoms with van der Waals surface area (Å²) in [5.74, 6) is -2.01. The number of aliphatic carboxylic acids is 1. The summed E-state index contributed by atoms with van der Waals surface area (Å²) in [5.41, 5.74) is 1.30. The van der Waals surface area contributed by atoms with Gasteiger partial charge in [0.1, 0.15) is 0 Å². The molecule has 0 amide bonds. The van der Waals surface area contributed by atoms with E-state index in [1.54, 1.807) is 38.1 Å². The molecular formula is C19H26O6. The zero-order chi connectivity index (χ0) is 18.7. The number of carboxylic acids is 1. The highest BCUT2D eigenvalue weighted by Crippen LogP contribution is 2.17. The molecule has 0 spiro atoms. The van der Waals surface area contributed by atoms with Gasteiger partial charge in [-0.3, -0.25) is 9.59 Å². The molecule has 1 aromatic rings. The molecule has 0 saturated heterocycles. The summed E-state index contributed by atoms with van der Waals surface area (Å²) < 4.78 is 9.77. The van der Waals surface area contributed by atoms with Crippen molar-refractivity contribution in [3.05, 3.63) is 35.4 Å².